The van der Waals surface area contributed by atoms with Gasteiger partial charge in [-0.1, -0.05) is 0 Å². The van der Waals surface area contributed by atoms with Gasteiger partial charge in [0.1, 0.15) is 11.6 Å². The first-order valence-electron chi connectivity index (χ1n) is 4.16. The SMILES string of the molecule is CC(Oc1ccc(Br)c(F)c1)C(=O)NN. The van der Waals surface area contributed by atoms with Gasteiger partial charge in [-0.2, -0.15) is 0 Å². The molecular formula is C9H10BrFN2O2. The molecule has 1 atom stereocenters. The van der Waals surface area contributed by atoms with Gasteiger partial charge in [0.15, 0.2) is 6.10 Å². The molecule has 15 heavy (non-hydrogen) atoms. The Morgan fingerprint density at radius 2 is 2.33 bits per heavy atom. The third-order valence-corrected chi connectivity index (χ3v) is 2.36. The average Bonchev–Trinajstić information content (AvgIpc) is 2.22. The Kier molecular flexibility index (Phi) is 4.05. The molecular weight excluding hydrogens is 267 g/mol. The van der Waals surface area contributed by atoms with E-state index in [-0.39, 0.29) is 5.75 Å². The highest BCUT2D eigenvalue weighted by atomic mass is 79.9. The Morgan fingerprint density at radius 3 is 2.87 bits per heavy atom. The van der Waals surface area contributed by atoms with Crippen LogP contribution in [0.3, 0.4) is 0 Å². The molecule has 1 unspecified atom stereocenters. The summed E-state index contributed by atoms with van der Waals surface area (Å²) in [7, 11) is 0. The van der Waals surface area contributed by atoms with Crippen molar-refractivity contribution in [3.8, 4) is 5.75 Å². The lowest BCUT2D eigenvalue weighted by molar-refractivity contribution is -0.127. The van der Waals surface area contributed by atoms with E-state index in [1.165, 1.54) is 19.1 Å². The van der Waals surface area contributed by atoms with E-state index in [2.05, 4.69) is 15.9 Å². The largest absolute Gasteiger partial charge is 0.481 e. The van der Waals surface area contributed by atoms with Gasteiger partial charge in [-0.3, -0.25) is 10.2 Å². The van der Waals surface area contributed by atoms with Crippen LogP contribution in [0.25, 0.3) is 0 Å². The normalized spacial score (nSPS) is 12.0. The molecule has 82 valence electrons. The zero-order chi connectivity index (χ0) is 11.4. The molecule has 0 aliphatic rings. The van der Waals surface area contributed by atoms with Gasteiger partial charge < -0.3 is 4.74 Å². The number of carbonyl (C=O) groups excluding carboxylic acids is 1. The van der Waals surface area contributed by atoms with Crippen LogP contribution in [-0.2, 0) is 4.79 Å². The van der Waals surface area contributed by atoms with Crippen LogP contribution in [0.1, 0.15) is 6.92 Å². The Labute approximate surface area is 94.7 Å². The van der Waals surface area contributed by atoms with Gasteiger partial charge in [-0.25, -0.2) is 10.2 Å². The number of nitrogens with one attached hydrogen (secondary N) is 1. The lowest BCUT2D eigenvalue weighted by atomic mass is 10.3. The average molecular weight is 277 g/mol. The van der Waals surface area contributed by atoms with Crippen LogP contribution in [-0.4, -0.2) is 12.0 Å². The monoisotopic (exact) mass is 276 g/mol. The topological polar surface area (TPSA) is 64.3 Å². The summed E-state index contributed by atoms with van der Waals surface area (Å²) in [6.07, 6.45) is -0.768. The quantitative estimate of drug-likeness (QED) is 0.498. The lowest BCUT2D eigenvalue weighted by Gasteiger charge is -2.12. The molecule has 0 aliphatic heterocycles. The van der Waals surface area contributed by atoms with E-state index in [1.807, 2.05) is 5.43 Å². The minimum absolute atomic E-state index is 0.270. The number of carbonyl (C=O) groups is 1. The molecule has 0 bridgehead atoms. The predicted molar refractivity (Wildman–Crippen MR) is 56.5 cm³/mol. The molecule has 0 saturated heterocycles. The van der Waals surface area contributed by atoms with Crippen LogP contribution in [0.2, 0.25) is 0 Å². The van der Waals surface area contributed by atoms with Crippen molar-refractivity contribution in [2.45, 2.75) is 13.0 Å². The van der Waals surface area contributed by atoms with Crippen molar-refractivity contribution in [1.82, 2.24) is 5.43 Å². The highest BCUT2D eigenvalue weighted by Gasteiger charge is 2.13. The molecule has 0 fully saturated rings. The van der Waals surface area contributed by atoms with E-state index in [1.54, 1.807) is 6.07 Å². The number of ether oxygens (including phenoxy) is 1. The maximum Gasteiger partial charge on any atom is 0.274 e. The molecule has 1 aromatic carbocycles. The van der Waals surface area contributed by atoms with Gasteiger partial charge in [0.2, 0.25) is 0 Å². The molecule has 0 spiro atoms. The number of hydrogen-bond donors (Lipinski definition) is 2. The van der Waals surface area contributed by atoms with E-state index in [9.17, 15) is 9.18 Å². The summed E-state index contributed by atoms with van der Waals surface area (Å²) in [4.78, 5) is 11.0. The smallest absolute Gasteiger partial charge is 0.274 e. The molecule has 6 heteroatoms. The van der Waals surface area contributed by atoms with Crippen LogP contribution in [0, 0.1) is 5.82 Å². The Hall–Kier alpha value is -1.14. The Bertz CT molecular complexity index is 373. The highest BCUT2D eigenvalue weighted by Crippen LogP contribution is 2.21. The second-order valence-electron chi connectivity index (χ2n) is 2.84. The van der Waals surface area contributed by atoms with Gasteiger partial charge >= 0.3 is 0 Å². The molecule has 0 aromatic heterocycles. The number of amides is 1. The van der Waals surface area contributed by atoms with E-state index in [0.717, 1.165) is 0 Å². The van der Waals surface area contributed by atoms with Gasteiger partial charge in [0.05, 0.1) is 4.47 Å². The summed E-state index contributed by atoms with van der Waals surface area (Å²) in [5, 5.41) is 0. The zero-order valence-electron chi connectivity index (χ0n) is 7.96. The van der Waals surface area contributed by atoms with E-state index in [0.29, 0.717) is 4.47 Å². The summed E-state index contributed by atoms with van der Waals surface area (Å²) in [5.74, 6) is 4.26. The molecule has 0 saturated carbocycles. The number of halogens is 2. The minimum atomic E-state index is -0.768. The standard InChI is InChI=1S/C9H10BrFN2O2/c1-5(9(14)13-12)15-6-2-3-7(10)8(11)4-6/h2-5H,12H2,1H3,(H,13,14). The van der Waals surface area contributed by atoms with E-state index >= 15 is 0 Å². The second kappa shape index (κ2) is 5.09. The van der Waals surface area contributed by atoms with Crippen LogP contribution < -0.4 is 16.0 Å². The molecule has 0 aliphatic carbocycles. The number of hydrazine groups is 1. The van der Waals surface area contributed by atoms with Crippen LogP contribution in [0.5, 0.6) is 5.75 Å². The summed E-state index contributed by atoms with van der Waals surface area (Å²) in [5.41, 5.74) is 1.94. The molecule has 4 nitrogen and oxygen atoms in total. The van der Waals surface area contributed by atoms with Gasteiger partial charge in [0.25, 0.3) is 5.91 Å². The maximum absolute atomic E-state index is 13.1. The summed E-state index contributed by atoms with van der Waals surface area (Å²) in [6, 6.07) is 4.23. The second-order valence-corrected chi connectivity index (χ2v) is 3.70. The summed E-state index contributed by atoms with van der Waals surface area (Å²) < 4.78 is 18.5. The fraction of sp³-hybridized carbons (Fsp3) is 0.222. The number of rotatable bonds is 3. The van der Waals surface area contributed by atoms with Crippen molar-refractivity contribution in [3.63, 3.8) is 0 Å². The number of benzene rings is 1. The third kappa shape index (κ3) is 3.17. The first kappa shape index (κ1) is 11.9. The molecule has 0 radical (unpaired) electrons. The first-order chi connectivity index (χ1) is 7.04. The lowest BCUT2D eigenvalue weighted by Crippen LogP contribution is -2.40. The van der Waals surface area contributed by atoms with Crippen molar-refractivity contribution < 1.29 is 13.9 Å². The molecule has 1 rings (SSSR count). The molecule has 0 heterocycles. The maximum atomic E-state index is 13.1. The van der Waals surface area contributed by atoms with Crippen LogP contribution >= 0.6 is 15.9 Å². The van der Waals surface area contributed by atoms with Crippen LogP contribution in [0.15, 0.2) is 22.7 Å². The Morgan fingerprint density at radius 1 is 1.67 bits per heavy atom. The van der Waals surface area contributed by atoms with Crippen molar-refractivity contribution in [2.24, 2.45) is 5.84 Å². The van der Waals surface area contributed by atoms with Crippen LogP contribution in [0.4, 0.5) is 4.39 Å². The van der Waals surface area contributed by atoms with Gasteiger partial charge in [0, 0.05) is 6.07 Å². The third-order valence-electron chi connectivity index (χ3n) is 1.72. The molecule has 1 amide bonds. The summed E-state index contributed by atoms with van der Waals surface area (Å²) in [6.45, 7) is 1.52. The van der Waals surface area contributed by atoms with Crippen molar-refractivity contribution >= 4 is 21.8 Å². The minimum Gasteiger partial charge on any atom is -0.481 e. The van der Waals surface area contributed by atoms with Gasteiger partial charge in [-0.05, 0) is 35.0 Å². The zero-order valence-corrected chi connectivity index (χ0v) is 9.55. The van der Waals surface area contributed by atoms with E-state index in [4.69, 9.17) is 10.6 Å². The fourth-order valence-corrected chi connectivity index (χ4v) is 1.17. The first-order valence-corrected chi connectivity index (χ1v) is 4.96. The summed E-state index contributed by atoms with van der Waals surface area (Å²) >= 11 is 3.01. The van der Waals surface area contributed by atoms with Crippen molar-refractivity contribution in [3.05, 3.63) is 28.5 Å². The van der Waals surface area contributed by atoms with Gasteiger partial charge in [-0.15, -0.1) is 0 Å². The predicted octanol–water partition coefficient (Wildman–Crippen LogP) is 1.35. The fourth-order valence-electron chi connectivity index (χ4n) is 0.925. The highest BCUT2D eigenvalue weighted by molar-refractivity contribution is 9.10. The number of hydrogen-bond acceptors (Lipinski definition) is 3. The molecule has 3 N–H and O–H groups in total. The number of nitrogens with two attached hydrogens (primary N) is 1. The van der Waals surface area contributed by atoms with Crippen molar-refractivity contribution in [2.75, 3.05) is 0 Å². The molecule has 1 aromatic rings. The van der Waals surface area contributed by atoms with E-state index < -0.39 is 17.8 Å². The Balaban J connectivity index is 2.73. The van der Waals surface area contributed by atoms with Crippen molar-refractivity contribution in [1.29, 1.82) is 0 Å².